The van der Waals surface area contributed by atoms with E-state index < -0.39 is 0 Å². The first-order valence-electron chi connectivity index (χ1n) is 11.9. The van der Waals surface area contributed by atoms with Crippen molar-refractivity contribution in [1.82, 2.24) is 24.4 Å². The zero-order valence-electron chi connectivity index (χ0n) is 20.1. The second-order valence-electron chi connectivity index (χ2n) is 9.05. The van der Waals surface area contributed by atoms with Gasteiger partial charge in [0.15, 0.2) is 0 Å². The summed E-state index contributed by atoms with van der Waals surface area (Å²) in [7, 11) is 0. The van der Waals surface area contributed by atoms with Crippen LogP contribution in [0.3, 0.4) is 0 Å². The Balaban J connectivity index is 1.36. The van der Waals surface area contributed by atoms with E-state index in [0.717, 1.165) is 48.6 Å². The van der Waals surface area contributed by atoms with Gasteiger partial charge < -0.3 is 14.5 Å². The van der Waals surface area contributed by atoms with Crippen molar-refractivity contribution >= 4 is 17.2 Å². The van der Waals surface area contributed by atoms with Gasteiger partial charge in [0.25, 0.3) is 0 Å². The molecule has 35 heavy (non-hydrogen) atoms. The summed E-state index contributed by atoms with van der Waals surface area (Å²) in [6.07, 6.45) is 7.88. The van der Waals surface area contributed by atoms with Crippen LogP contribution in [0, 0.1) is 17.2 Å². The van der Waals surface area contributed by atoms with E-state index in [1.54, 1.807) is 23.0 Å². The smallest absolute Gasteiger partial charge is 0.230 e. The number of ether oxygens (including phenoxy) is 1. The first kappa shape index (κ1) is 22.9. The van der Waals surface area contributed by atoms with Gasteiger partial charge in [-0.1, -0.05) is 13.0 Å². The Morgan fingerprint density at radius 3 is 2.94 bits per heavy atom. The minimum atomic E-state index is -0.160. The molecule has 2 aliphatic heterocycles. The third-order valence-corrected chi connectivity index (χ3v) is 6.84. The third-order valence-electron chi connectivity index (χ3n) is 6.84. The number of carbonyl (C=O) groups excluding carboxylic acids is 1. The van der Waals surface area contributed by atoms with E-state index in [9.17, 15) is 10.1 Å². The number of carbonyl (C=O) groups is 1. The molecule has 2 fully saturated rings. The number of nitriles is 1. The van der Waals surface area contributed by atoms with Crippen molar-refractivity contribution in [3.05, 3.63) is 55.0 Å². The highest BCUT2D eigenvalue weighted by molar-refractivity contribution is 5.85. The third kappa shape index (κ3) is 4.21. The lowest BCUT2D eigenvalue weighted by Gasteiger charge is -2.37. The lowest BCUT2D eigenvalue weighted by Crippen LogP contribution is -2.48. The fourth-order valence-electron chi connectivity index (χ4n) is 4.90. The Morgan fingerprint density at radius 1 is 1.37 bits per heavy atom. The molecule has 0 radical (unpaired) electrons. The minimum absolute atomic E-state index is 0.139. The Labute approximate surface area is 204 Å². The van der Waals surface area contributed by atoms with Gasteiger partial charge in [0.1, 0.15) is 17.6 Å². The van der Waals surface area contributed by atoms with Gasteiger partial charge in [0.2, 0.25) is 5.91 Å². The largest absolute Gasteiger partial charge is 0.492 e. The summed E-state index contributed by atoms with van der Waals surface area (Å²) in [5, 5.41) is 13.9. The van der Waals surface area contributed by atoms with Gasteiger partial charge in [-0.25, -0.2) is 9.50 Å². The quantitative estimate of drug-likeness (QED) is 0.510. The highest BCUT2D eigenvalue weighted by atomic mass is 16.5. The molecule has 0 N–H and O–H groups in total. The second kappa shape index (κ2) is 9.39. The van der Waals surface area contributed by atoms with Crippen LogP contribution >= 0.6 is 0 Å². The SMILES string of the molecule is C=CC(C)C(=O)N1CC2CCN(c3ccc(-c4cc(OCC)cn5ncc(C#N)c45)cn3)CN2C1. The summed E-state index contributed by atoms with van der Waals surface area (Å²) in [4.78, 5) is 23.9. The van der Waals surface area contributed by atoms with E-state index in [-0.39, 0.29) is 11.8 Å². The van der Waals surface area contributed by atoms with E-state index in [1.807, 2.05) is 43.1 Å². The van der Waals surface area contributed by atoms with Gasteiger partial charge in [-0.2, -0.15) is 10.4 Å². The van der Waals surface area contributed by atoms with Crippen molar-refractivity contribution in [1.29, 1.82) is 5.26 Å². The van der Waals surface area contributed by atoms with Crippen LogP contribution in [0.4, 0.5) is 5.82 Å². The molecule has 2 atom stereocenters. The number of amides is 1. The van der Waals surface area contributed by atoms with Crippen LogP contribution in [0.15, 0.2) is 49.4 Å². The van der Waals surface area contributed by atoms with E-state index >= 15 is 0 Å². The van der Waals surface area contributed by atoms with Crippen molar-refractivity contribution in [2.45, 2.75) is 26.3 Å². The molecule has 5 rings (SSSR count). The van der Waals surface area contributed by atoms with Gasteiger partial charge in [0.05, 0.1) is 49.3 Å². The molecule has 9 nitrogen and oxygen atoms in total. The topological polar surface area (TPSA) is 90.0 Å². The molecule has 0 aliphatic carbocycles. The molecular weight excluding hydrogens is 442 g/mol. The lowest BCUT2D eigenvalue weighted by molar-refractivity contribution is -0.133. The number of pyridine rings is 2. The number of nitrogens with zero attached hydrogens (tertiary/aromatic N) is 7. The van der Waals surface area contributed by atoms with Crippen LogP contribution in [0.1, 0.15) is 25.8 Å². The minimum Gasteiger partial charge on any atom is -0.492 e. The van der Waals surface area contributed by atoms with Gasteiger partial charge >= 0.3 is 0 Å². The van der Waals surface area contributed by atoms with Crippen LogP contribution in [0.5, 0.6) is 5.75 Å². The zero-order chi connectivity index (χ0) is 24.5. The summed E-state index contributed by atoms with van der Waals surface area (Å²) in [6, 6.07) is 8.58. The normalized spacial score (nSPS) is 18.8. The zero-order valence-corrected chi connectivity index (χ0v) is 20.1. The molecule has 0 bridgehead atoms. The Bertz CT molecular complexity index is 1290. The van der Waals surface area contributed by atoms with Crippen molar-refractivity contribution in [3.8, 4) is 22.9 Å². The van der Waals surface area contributed by atoms with Gasteiger partial charge in [-0.3, -0.25) is 9.69 Å². The van der Waals surface area contributed by atoms with E-state index in [4.69, 9.17) is 9.72 Å². The van der Waals surface area contributed by atoms with Crippen LogP contribution in [0.25, 0.3) is 16.6 Å². The molecule has 0 aromatic carbocycles. The molecule has 2 aliphatic rings. The Morgan fingerprint density at radius 2 is 2.23 bits per heavy atom. The summed E-state index contributed by atoms with van der Waals surface area (Å²) in [5.74, 6) is 1.56. The van der Waals surface area contributed by atoms with E-state index in [1.165, 1.54) is 0 Å². The van der Waals surface area contributed by atoms with E-state index in [2.05, 4.69) is 27.5 Å². The maximum atomic E-state index is 12.6. The number of fused-ring (bicyclic) bond motifs is 2. The molecule has 0 spiro atoms. The average Bonchev–Trinajstić information content (AvgIpc) is 3.51. The standard InChI is InChI=1S/C26H29N7O2/c1-4-18(3)26(34)31-14-21-8-9-30(16-32(21)17-31)24-7-6-19(12-28-24)23-10-22(35-5-2)15-33-25(23)20(11-27)13-29-33/h4,6-7,10,12-13,15,18,21H,1,5,8-9,14,16-17H2,2-3H3. The summed E-state index contributed by atoms with van der Waals surface area (Å²) in [6.45, 7) is 11.1. The molecule has 0 saturated carbocycles. The maximum absolute atomic E-state index is 12.6. The van der Waals surface area contributed by atoms with Gasteiger partial charge in [0, 0.05) is 36.5 Å². The molecule has 5 heterocycles. The van der Waals surface area contributed by atoms with Crippen molar-refractivity contribution in [2.75, 3.05) is 37.9 Å². The average molecular weight is 472 g/mol. The molecular formula is C26H29N7O2. The molecule has 2 unspecified atom stereocenters. The van der Waals surface area contributed by atoms with Crippen molar-refractivity contribution < 1.29 is 9.53 Å². The van der Waals surface area contributed by atoms with Gasteiger partial charge in [-0.15, -0.1) is 6.58 Å². The van der Waals surface area contributed by atoms with E-state index in [0.29, 0.717) is 30.6 Å². The fourth-order valence-corrected chi connectivity index (χ4v) is 4.90. The highest BCUT2D eigenvalue weighted by Crippen LogP contribution is 2.32. The second-order valence-corrected chi connectivity index (χ2v) is 9.05. The number of hydrogen-bond acceptors (Lipinski definition) is 7. The van der Waals surface area contributed by atoms with Crippen LogP contribution in [-0.4, -0.2) is 69.4 Å². The van der Waals surface area contributed by atoms with Gasteiger partial charge in [-0.05, 0) is 31.5 Å². The molecule has 3 aromatic heterocycles. The molecule has 180 valence electrons. The van der Waals surface area contributed by atoms with Crippen LogP contribution in [-0.2, 0) is 4.79 Å². The molecule has 1 amide bonds. The molecule has 3 aromatic rings. The number of rotatable bonds is 6. The Kier molecular flexibility index (Phi) is 6.14. The summed E-state index contributed by atoms with van der Waals surface area (Å²) in [5.41, 5.74) is 2.99. The fraction of sp³-hybridized carbons (Fsp3) is 0.385. The Hall–Kier alpha value is -3.90. The highest BCUT2D eigenvalue weighted by Gasteiger charge is 2.37. The maximum Gasteiger partial charge on any atom is 0.230 e. The predicted octanol–water partition coefficient (Wildman–Crippen LogP) is 3.13. The monoisotopic (exact) mass is 471 g/mol. The summed E-state index contributed by atoms with van der Waals surface area (Å²) < 4.78 is 7.40. The first-order valence-corrected chi connectivity index (χ1v) is 11.9. The number of aromatic nitrogens is 3. The van der Waals surface area contributed by atoms with Crippen LogP contribution in [0.2, 0.25) is 0 Å². The molecule has 2 saturated heterocycles. The van der Waals surface area contributed by atoms with Crippen LogP contribution < -0.4 is 9.64 Å². The van der Waals surface area contributed by atoms with Crippen molar-refractivity contribution in [2.24, 2.45) is 5.92 Å². The number of anilines is 1. The number of hydrogen-bond donors (Lipinski definition) is 0. The predicted molar refractivity (Wildman–Crippen MR) is 133 cm³/mol. The van der Waals surface area contributed by atoms with Crippen molar-refractivity contribution in [3.63, 3.8) is 0 Å². The lowest BCUT2D eigenvalue weighted by atomic mass is 10.1. The first-order chi connectivity index (χ1) is 17.0. The molecule has 9 heteroatoms. The summed E-state index contributed by atoms with van der Waals surface area (Å²) >= 11 is 0.